The lowest BCUT2D eigenvalue weighted by Crippen LogP contribution is -2.53. The maximum atomic E-state index is 12.7. The summed E-state index contributed by atoms with van der Waals surface area (Å²) < 4.78 is 5.19. The van der Waals surface area contributed by atoms with E-state index < -0.39 is 24.1 Å². The second-order valence-electron chi connectivity index (χ2n) is 6.00. The lowest BCUT2D eigenvalue weighted by molar-refractivity contribution is -0.139. The second kappa shape index (κ2) is 7.56. The molecule has 26 heavy (non-hydrogen) atoms. The number of piperidine rings is 1. The van der Waals surface area contributed by atoms with E-state index in [-0.39, 0.29) is 25.4 Å². The van der Waals surface area contributed by atoms with Gasteiger partial charge in [0.25, 0.3) is 5.91 Å². The lowest BCUT2D eigenvalue weighted by atomic mass is 10.0. The molecule has 2 unspecified atom stereocenters. The summed E-state index contributed by atoms with van der Waals surface area (Å²) in [5.74, 6) is 0.985. The minimum atomic E-state index is -1.27. The fraction of sp³-hybridized carbons (Fsp3) is 0.389. The third-order valence-corrected chi connectivity index (χ3v) is 4.39. The molecule has 2 aliphatic heterocycles. The molecule has 1 saturated heterocycles. The van der Waals surface area contributed by atoms with E-state index in [1.165, 1.54) is 0 Å². The summed E-state index contributed by atoms with van der Waals surface area (Å²) in [4.78, 5) is 37.3. The molecule has 2 heterocycles. The zero-order valence-corrected chi connectivity index (χ0v) is 14.0. The highest BCUT2D eigenvalue weighted by Gasteiger charge is 2.45. The monoisotopic (exact) mass is 357 g/mol. The highest BCUT2D eigenvalue weighted by Crippen LogP contribution is 2.39. The first-order chi connectivity index (χ1) is 12.5. The number of terminal acetylenes is 1. The van der Waals surface area contributed by atoms with Crippen LogP contribution in [-0.2, 0) is 14.3 Å². The Morgan fingerprint density at radius 2 is 2.19 bits per heavy atom. The predicted octanol–water partition coefficient (Wildman–Crippen LogP) is 0.000200. The Hall–Kier alpha value is -2.89. The number of carbonyl (C=O) groups is 3. The SMILES string of the molecule is C#CCOCCNc1cccc2c1C(O)N(C1CCC(=O)NC1=O)C2=O. The van der Waals surface area contributed by atoms with Gasteiger partial charge in [0.1, 0.15) is 12.6 Å². The van der Waals surface area contributed by atoms with E-state index >= 15 is 0 Å². The lowest BCUT2D eigenvalue weighted by Gasteiger charge is -2.32. The first-order valence-corrected chi connectivity index (χ1v) is 8.27. The van der Waals surface area contributed by atoms with Crippen molar-refractivity contribution in [1.29, 1.82) is 0 Å². The number of hydrogen-bond donors (Lipinski definition) is 3. The summed E-state index contributed by atoms with van der Waals surface area (Å²) in [7, 11) is 0. The van der Waals surface area contributed by atoms with E-state index in [9.17, 15) is 19.5 Å². The van der Waals surface area contributed by atoms with Crippen LogP contribution in [0.25, 0.3) is 0 Å². The average Bonchev–Trinajstić information content (AvgIpc) is 2.87. The van der Waals surface area contributed by atoms with Gasteiger partial charge in [-0.1, -0.05) is 12.0 Å². The Bertz CT molecular complexity index is 786. The van der Waals surface area contributed by atoms with E-state index in [1.807, 2.05) is 0 Å². The molecule has 0 aliphatic carbocycles. The van der Waals surface area contributed by atoms with Crippen molar-refractivity contribution in [2.45, 2.75) is 25.1 Å². The highest BCUT2D eigenvalue weighted by atomic mass is 16.5. The number of carbonyl (C=O) groups excluding carboxylic acids is 3. The highest BCUT2D eigenvalue weighted by molar-refractivity contribution is 6.06. The van der Waals surface area contributed by atoms with Crippen LogP contribution in [0.2, 0.25) is 0 Å². The molecule has 1 aromatic rings. The minimum absolute atomic E-state index is 0.126. The van der Waals surface area contributed by atoms with Crippen LogP contribution in [-0.4, -0.2) is 53.5 Å². The number of amides is 3. The van der Waals surface area contributed by atoms with Crippen molar-refractivity contribution in [1.82, 2.24) is 10.2 Å². The summed E-state index contributed by atoms with van der Waals surface area (Å²) in [5, 5.41) is 16.0. The zero-order valence-electron chi connectivity index (χ0n) is 14.0. The van der Waals surface area contributed by atoms with Crippen molar-refractivity contribution in [3.63, 3.8) is 0 Å². The van der Waals surface area contributed by atoms with Crippen LogP contribution >= 0.6 is 0 Å². The van der Waals surface area contributed by atoms with Gasteiger partial charge >= 0.3 is 0 Å². The summed E-state index contributed by atoms with van der Waals surface area (Å²) in [6.45, 7) is 1.02. The summed E-state index contributed by atoms with van der Waals surface area (Å²) in [6.07, 6.45) is 4.15. The number of aliphatic hydroxyl groups is 1. The molecule has 3 amide bonds. The van der Waals surface area contributed by atoms with Crippen LogP contribution in [0.1, 0.15) is 35.0 Å². The van der Waals surface area contributed by atoms with Crippen molar-refractivity contribution in [3.05, 3.63) is 29.3 Å². The Kier molecular flexibility index (Phi) is 5.21. The molecule has 1 fully saturated rings. The van der Waals surface area contributed by atoms with Crippen molar-refractivity contribution < 1.29 is 24.2 Å². The van der Waals surface area contributed by atoms with Crippen LogP contribution in [0.3, 0.4) is 0 Å². The van der Waals surface area contributed by atoms with Gasteiger partial charge in [0.2, 0.25) is 11.8 Å². The van der Waals surface area contributed by atoms with Gasteiger partial charge < -0.3 is 15.2 Å². The number of rotatable bonds is 6. The Morgan fingerprint density at radius 1 is 1.38 bits per heavy atom. The normalized spacial score (nSPS) is 22.0. The summed E-state index contributed by atoms with van der Waals surface area (Å²) in [5.41, 5.74) is 1.33. The molecule has 2 aliphatic rings. The van der Waals surface area contributed by atoms with Crippen molar-refractivity contribution in [3.8, 4) is 12.3 Å². The molecule has 136 valence electrons. The fourth-order valence-corrected chi connectivity index (χ4v) is 3.22. The van der Waals surface area contributed by atoms with E-state index in [2.05, 4.69) is 16.6 Å². The van der Waals surface area contributed by atoms with Gasteiger partial charge in [0, 0.05) is 29.8 Å². The Balaban J connectivity index is 1.78. The van der Waals surface area contributed by atoms with E-state index in [0.717, 1.165) is 4.90 Å². The molecule has 1 aromatic carbocycles. The molecule has 0 spiro atoms. The van der Waals surface area contributed by atoms with Gasteiger partial charge in [0.15, 0.2) is 6.23 Å². The van der Waals surface area contributed by atoms with E-state index in [0.29, 0.717) is 30.0 Å². The molecule has 0 aromatic heterocycles. The largest absolute Gasteiger partial charge is 0.382 e. The third kappa shape index (κ3) is 3.27. The second-order valence-corrected chi connectivity index (χ2v) is 6.00. The first kappa shape index (κ1) is 17.9. The number of nitrogens with zero attached hydrogens (tertiary/aromatic N) is 1. The quantitative estimate of drug-likeness (QED) is 0.376. The van der Waals surface area contributed by atoms with Crippen molar-refractivity contribution in [2.24, 2.45) is 0 Å². The first-order valence-electron chi connectivity index (χ1n) is 8.27. The van der Waals surface area contributed by atoms with Crippen molar-refractivity contribution in [2.75, 3.05) is 25.1 Å². The van der Waals surface area contributed by atoms with Gasteiger partial charge in [-0.05, 0) is 18.6 Å². The molecule has 2 atom stereocenters. The number of fused-ring (bicyclic) bond motifs is 1. The van der Waals surface area contributed by atoms with Crippen LogP contribution in [0.15, 0.2) is 18.2 Å². The molecular weight excluding hydrogens is 338 g/mol. The number of hydrogen-bond acceptors (Lipinski definition) is 6. The van der Waals surface area contributed by atoms with Crippen LogP contribution in [0.5, 0.6) is 0 Å². The topological polar surface area (TPSA) is 108 Å². The average molecular weight is 357 g/mol. The van der Waals surface area contributed by atoms with Gasteiger partial charge in [-0.3, -0.25) is 24.6 Å². The Labute approximate surface area is 150 Å². The van der Waals surface area contributed by atoms with Gasteiger partial charge in [0.05, 0.1) is 6.61 Å². The predicted molar refractivity (Wildman–Crippen MR) is 91.9 cm³/mol. The van der Waals surface area contributed by atoms with Crippen LogP contribution < -0.4 is 10.6 Å². The molecule has 8 nitrogen and oxygen atoms in total. The smallest absolute Gasteiger partial charge is 0.257 e. The minimum Gasteiger partial charge on any atom is -0.382 e. The number of benzene rings is 1. The fourth-order valence-electron chi connectivity index (χ4n) is 3.22. The number of nitrogens with one attached hydrogen (secondary N) is 2. The molecule has 8 heteroatoms. The van der Waals surface area contributed by atoms with Crippen LogP contribution in [0.4, 0.5) is 5.69 Å². The van der Waals surface area contributed by atoms with Gasteiger partial charge in [-0.2, -0.15) is 0 Å². The van der Waals surface area contributed by atoms with E-state index in [4.69, 9.17) is 11.2 Å². The molecule has 3 N–H and O–H groups in total. The standard InChI is InChI=1S/C18H19N3O5/c1-2-9-26-10-8-19-12-5-3-4-11-15(12)18(25)21(17(11)24)13-6-7-14(22)20-16(13)23/h1,3-5,13,18-19,25H,6-10H2,(H,20,22,23). The zero-order chi connectivity index (χ0) is 18.7. The number of anilines is 1. The van der Waals surface area contributed by atoms with Gasteiger partial charge in [-0.25, -0.2) is 0 Å². The van der Waals surface area contributed by atoms with Crippen molar-refractivity contribution >= 4 is 23.4 Å². The van der Waals surface area contributed by atoms with Crippen LogP contribution in [0, 0.1) is 12.3 Å². The summed E-state index contributed by atoms with van der Waals surface area (Å²) in [6, 6.07) is 4.16. The maximum absolute atomic E-state index is 12.7. The van der Waals surface area contributed by atoms with Gasteiger partial charge in [-0.15, -0.1) is 6.42 Å². The molecule has 0 radical (unpaired) electrons. The number of ether oxygens (including phenoxy) is 1. The maximum Gasteiger partial charge on any atom is 0.257 e. The molecule has 0 bridgehead atoms. The molecule has 0 saturated carbocycles. The number of aliphatic hydroxyl groups excluding tert-OH is 1. The third-order valence-electron chi connectivity index (χ3n) is 4.39. The summed E-state index contributed by atoms with van der Waals surface area (Å²) >= 11 is 0. The Morgan fingerprint density at radius 3 is 2.92 bits per heavy atom. The molecule has 3 rings (SSSR count). The number of imide groups is 1. The molecular formula is C18H19N3O5. The van der Waals surface area contributed by atoms with E-state index in [1.54, 1.807) is 18.2 Å².